The summed E-state index contributed by atoms with van der Waals surface area (Å²) in [5.41, 5.74) is 1.75. The van der Waals surface area contributed by atoms with Gasteiger partial charge in [0.15, 0.2) is 5.75 Å². The van der Waals surface area contributed by atoms with Crippen LogP contribution in [0.2, 0.25) is 0 Å². The average Bonchev–Trinajstić information content (AvgIpc) is 2.73. The third-order valence-corrected chi connectivity index (χ3v) is 5.16. The molecule has 29 heavy (non-hydrogen) atoms. The average molecular weight is 403 g/mol. The van der Waals surface area contributed by atoms with E-state index in [2.05, 4.69) is 32.2 Å². The van der Waals surface area contributed by atoms with Crippen LogP contribution in [0.3, 0.4) is 0 Å². The van der Waals surface area contributed by atoms with Crippen LogP contribution in [0.15, 0.2) is 23.0 Å². The van der Waals surface area contributed by atoms with Crippen LogP contribution in [0.5, 0.6) is 11.5 Å². The van der Waals surface area contributed by atoms with Gasteiger partial charge in [0.05, 0.1) is 18.7 Å². The Morgan fingerprint density at radius 3 is 2.28 bits per heavy atom. The fourth-order valence-electron chi connectivity index (χ4n) is 3.29. The number of rotatable bonds is 14. The number of pyridine rings is 1. The van der Waals surface area contributed by atoms with Crippen LogP contribution in [0.25, 0.3) is 10.9 Å². The highest BCUT2D eigenvalue weighted by molar-refractivity contribution is 5.90. The normalized spacial score (nSPS) is 11.0. The number of nitrogens with one attached hydrogen (secondary N) is 1. The van der Waals surface area contributed by atoms with E-state index >= 15 is 0 Å². The Bertz CT molecular complexity index is 814. The second-order valence-electron chi connectivity index (χ2n) is 7.65. The van der Waals surface area contributed by atoms with E-state index < -0.39 is 0 Å². The van der Waals surface area contributed by atoms with Gasteiger partial charge >= 0.3 is 0 Å². The number of nitrogens with zero attached hydrogens (tertiary/aromatic N) is 1. The quantitative estimate of drug-likeness (QED) is 0.400. The zero-order valence-corrected chi connectivity index (χ0v) is 18.7. The van der Waals surface area contributed by atoms with E-state index in [0.717, 1.165) is 61.7 Å². The van der Waals surface area contributed by atoms with E-state index in [0.29, 0.717) is 24.7 Å². The molecule has 5 heteroatoms. The van der Waals surface area contributed by atoms with Gasteiger partial charge in [-0.25, -0.2) is 0 Å². The van der Waals surface area contributed by atoms with Gasteiger partial charge in [0, 0.05) is 24.7 Å². The molecule has 0 atom stereocenters. The summed E-state index contributed by atoms with van der Waals surface area (Å²) >= 11 is 0. The molecule has 0 saturated heterocycles. The molecule has 1 aromatic carbocycles. The summed E-state index contributed by atoms with van der Waals surface area (Å²) in [5, 5.41) is 4.36. The van der Waals surface area contributed by atoms with Gasteiger partial charge in [-0.15, -0.1) is 0 Å². The van der Waals surface area contributed by atoms with E-state index in [9.17, 15) is 4.79 Å². The highest BCUT2D eigenvalue weighted by atomic mass is 16.5. The number of hydrogen-bond donors (Lipinski definition) is 1. The van der Waals surface area contributed by atoms with Crippen molar-refractivity contribution < 1.29 is 9.47 Å². The van der Waals surface area contributed by atoms with Gasteiger partial charge < -0.3 is 19.4 Å². The number of fused-ring (bicyclic) bond motifs is 1. The van der Waals surface area contributed by atoms with Crippen molar-refractivity contribution in [3.8, 4) is 11.5 Å². The zero-order chi connectivity index (χ0) is 21.1. The van der Waals surface area contributed by atoms with E-state index in [1.54, 1.807) is 11.6 Å². The van der Waals surface area contributed by atoms with Crippen LogP contribution in [-0.2, 0) is 7.05 Å². The molecule has 0 radical (unpaired) electrons. The zero-order valence-electron chi connectivity index (χ0n) is 18.7. The molecule has 1 heterocycles. The van der Waals surface area contributed by atoms with Gasteiger partial charge in [0.25, 0.3) is 5.56 Å². The Morgan fingerprint density at radius 2 is 1.55 bits per heavy atom. The lowest BCUT2D eigenvalue weighted by molar-refractivity contribution is 0.258. The van der Waals surface area contributed by atoms with Crippen molar-refractivity contribution >= 4 is 16.6 Å². The molecule has 5 nitrogen and oxygen atoms in total. The number of aromatic nitrogens is 1. The molecule has 0 aliphatic rings. The lowest BCUT2D eigenvalue weighted by Crippen LogP contribution is -2.22. The maximum Gasteiger partial charge on any atom is 0.297 e. The Kier molecular flexibility index (Phi) is 9.89. The second-order valence-corrected chi connectivity index (χ2v) is 7.65. The number of hydrogen-bond acceptors (Lipinski definition) is 4. The van der Waals surface area contributed by atoms with Gasteiger partial charge in [-0.1, -0.05) is 52.9 Å². The Balaban J connectivity index is 2.36. The van der Waals surface area contributed by atoms with Crippen molar-refractivity contribution in [2.45, 2.75) is 72.1 Å². The van der Waals surface area contributed by atoms with E-state index in [4.69, 9.17) is 9.47 Å². The van der Waals surface area contributed by atoms with Crippen LogP contribution in [0.4, 0.5) is 5.69 Å². The monoisotopic (exact) mass is 402 g/mol. The Labute approximate surface area is 175 Å². The first-order chi connectivity index (χ1) is 14.1. The summed E-state index contributed by atoms with van der Waals surface area (Å²) in [7, 11) is 1.81. The molecule has 0 spiro atoms. The SMILES string of the molecule is CCCCCCOc1c(OCCCC)c2ccc(NCCCC)cc2n(C)c1=O. The van der Waals surface area contributed by atoms with E-state index in [1.807, 2.05) is 12.1 Å². The Morgan fingerprint density at radius 1 is 0.862 bits per heavy atom. The van der Waals surface area contributed by atoms with Gasteiger partial charge in [0.2, 0.25) is 5.75 Å². The molecule has 0 saturated carbocycles. The molecule has 1 N–H and O–H groups in total. The van der Waals surface area contributed by atoms with Crippen molar-refractivity contribution in [2.75, 3.05) is 25.1 Å². The molecule has 2 aromatic rings. The molecule has 162 valence electrons. The van der Waals surface area contributed by atoms with Crippen LogP contribution in [0.1, 0.15) is 72.1 Å². The molecule has 1 aromatic heterocycles. The number of anilines is 1. The smallest absolute Gasteiger partial charge is 0.297 e. The molecule has 0 fully saturated rings. The topological polar surface area (TPSA) is 52.5 Å². The molecular weight excluding hydrogens is 364 g/mol. The van der Waals surface area contributed by atoms with Crippen LogP contribution < -0.4 is 20.3 Å². The lowest BCUT2D eigenvalue weighted by Gasteiger charge is -2.18. The molecular formula is C24H38N2O3. The number of aryl methyl sites for hydroxylation is 1. The summed E-state index contributed by atoms with van der Waals surface area (Å²) in [5.74, 6) is 0.937. The maximum atomic E-state index is 13.1. The molecule has 0 aliphatic carbocycles. The fourth-order valence-corrected chi connectivity index (χ4v) is 3.29. The highest BCUT2D eigenvalue weighted by Gasteiger charge is 2.18. The first kappa shape index (κ1) is 23.1. The highest BCUT2D eigenvalue weighted by Crippen LogP contribution is 2.34. The van der Waals surface area contributed by atoms with Crippen LogP contribution in [-0.4, -0.2) is 24.3 Å². The van der Waals surface area contributed by atoms with Gasteiger partial charge in [-0.3, -0.25) is 4.79 Å². The van der Waals surface area contributed by atoms with Crippen molar-refractivity contribution in [1.29, 1.82) is 0 Å². The predicted molar refractivity (Wildman–Crippen MR) is 123 cm³/mol. The number of unbranched alkanes of at least 4 members (excludes halogenated alkanes) is 5. The summed E-state index contributed by atoms with van der Waals surface area (Å²) in [6.45, 7) is 8.54. The van der Waals surface area contributed by atoms with Gasteiger partial charge in [0.1, 0.15) is 0 Å². The lowest BCUT2D eigenvalue weighted by atomic mass is 10.1. The third-order valence-electron chi connectivity index (χ3n) is 5.16. The maximum absolute atomic E-state index is 13.1. The number of ether oxygens (including phenoxy) is 2. The van der Waals surface area contributed by atoms with Crippen molar-refractivity contribution in [3.05, 3.63) is 28.6 Å². The van der Waals surface area contributed by atoms with Crippen molar-refractivity contribution in [2.24, 2.45) is 7.05 Å². The fraction of sp³-hybridized carbons (Fsp3) is 0.625. The summed E-state index contributed by atoms with van der Waals surface area (Å²) < 4.78 is 13.7. The number of benzene rings is 1. The molecule has 0 unspecified atom stereocenters. The van der Waals surface area contributed by atoms with Crippen LogP contribution >= 0.6 is 0 Å². The molecule has 0 amide bonds. The second kappa shape index (κ2) is 12.4. The minimum Gasteiger partial charge on any atom is -0.489 e. The van der Waals surface area contributed by atoms with Crippen molar-refractivity contribution in [1.82, 2.24) is 4.57 Å². The summed E-state index contributed by atoms with van der Waals surface area (Å²) in [6, 6.07) is 6.12. The first-order valence-electron chi connectivity index (χ1n) is 11.3. The standard InChI is InChI=1S/C24H38N2O3/c1-5-8-11-12-17-29-23-22(28-16-10-7-3)20-14-13-19(25-15-9-6-2)18-21(20)26(4)24(23)27/h13-14,18,25H,5-12,15-17H2,1-4H3. The van der Waals surface area contributed by atoms with Crippen molar-refractivity contribution in [3.63, 3.8) is 0 Å². The van der Waals surface area contributed by atoms with E-state index in [-0.39, 0.29) is 5.56 Å². The van der Waals surface area contributed by atoms with Gasteiger partial charge in [-0.05, 0) is 37.5 Å². The first-order valence-corrected chi connectivity index (χ1v) is 11.3. The Hall–Kier alpha value is -2.17. The molecule has 2 rings (SSSR count). The summed E-state index contributed by atoms with van der Waals surface area (Å²) in [6.07, 6.45) is 8.68. The van der Waals surface area contributed by atoms with E-state index in [1.165, 1.54) is 12.8 Å². The summed E-state index contributed by atoms with van der Waals surface area (Å²) in [4.78, 5) is 13.1. The predicted octanol–water partition coefficient (Wildman–Crippen LogP) is 5.89. The largest absolute Gasteiger partial charge is 0.489 e. The minimum absolute atomic E-state index is 0.134. The van der Waals surface area contributed by atoms with Gasteiger partial charge in [-0.2, -0.15) is 0 Å². The minimum atomic E-state index is -0.134. The third kappa shape index (κ3) is 6.41. The molecule has 0 aliphatic heterocycles. The molecule has 0 bridgehead atoms. The van der Waals surface area contributed by atoms with Crippen LogP contribution in [0, 0.1) is 0 Å².